The zero-order valence-electron chi connectivity index (χ0n) is 23.1. The zero-order chi connectivity index (χ0) is 29.3. The molecule has 210 valence electrons. The second kappa shape index (κ2) is 11.7. The molecule has 3 heterocycles. The fraction of sp³-hybridized carbons (Fsp3) is 0.161. The lowest BCUT2D eigenvalue weighted by Gasteiger charge is -2.15. The fourth-order valence-electron chi connectivity index (χ4n) is 4.56. The standard InChI is InChI=1S/C24H22N3OS2.C7H8O3S/c1-4-27-20(15-16-11-13-25(2)14-12-16)30-22(23(27)28)24-26(3)21-18-8-6-5-7-17(18)9-10-19(21)29-24;1-6-2-4-7(5-3-6)11(8,9)10/h5-15H,4H2,1-3H3;2-5H,1H3,(H,8,9,10)/q+1;/p-1/b24-22+;. The van der Waals surface area contributed by atoms with Crippen LogP contribution in [0, 0.1) is 6.92 Å². The Morgan fingerprint density at radius 1 is 0.976 bits per heavy atom. The highest BCUT2D eigenvalue weighted by Crippen LogP contribution is 2.48. The van der Waals surface area contributed by atoms with Crippen LogP contribution in [0.1, 0.15) is 18.1 Å². The van der Waals surface area contributed by atoms with E-state index in [0.717, 1.165) is 25.4 Å². The molecule has 3 aromatic carbocycles. The number of aromatic nitrogens is 2. The Hall–Kier alpha value is -3.70. The van der Waals surface area contributed by atoms with Crippen molar-refractivity contribution in [2.24, 2.45) is 7.05 Å². The molecule has 0 amide bonds. The molecule has 0 N–H and O–H groups in total. The van der Waals surface area contributed by atoms with Gasteiger partial charge in [0.25, 0.3) is 5.56 Å². The molecule has 0 unspecified atom stereocenters. The summed E-state index contributed by atoms with van der Waals surface area (Å²) >= 11 is 3.26. The minimum absolute atomic E-state index is 0.0849. The number of pyridine rings is 1. The van der Waals surface area contributed by atoms with E-state index < -0.39 is 10.1 Å². The number of hydrogen-bond acceptors (Lipinski definition) is 7. The van der Waals surface area contributed by atoms with Gasteiger partial charge in [0.15, 0.2) is 12.4 Å². The number of rotatable bonds is 3. The van der Waals surface area contributed by atoms with Gasteiger partial charge in [0.1, 0.15) is 26.7 Å². The van der Waals surface area contributed by atoms with E-state index in [-0.39, 0.29) is 10.5 Å². The number of anilines is 1. The number of thioether (sulfide) groups is 1. The second-order valence-corrected chi connectivity index (χ2v) is 13.1. The van der Waals surface area contributed by atoms with Gasteiger partial charge >= 0.3 is 0 Å². The van der Waals surface area contributed by atoms with Crippen molar-refractivity contribution in [2.75, 3.05) is 11.9 Å². The van der Waals surface area contributed by atoms with Gasteiger partial charge in [0, 0.05) is 36.0 Å². The molecule has 0 bridgehead atoms. The van der Waals surface area contributed by atoms with Crippen molar-refractivity contribution in [3.8, 4) is 0 Å². The van der Waals surface area contributed by atoms with Crippen LogP contribution in [0.15, 0.2) is 99.8 Å². The maximum Gasteiger partial charge on any atom is 0.271 e. The number of benzene rings is 3. The first-order chi connectivity index (χ1) is 19.6. The smallest absolute Gasteiger partial charge is 0.271 e. The molecule has 1 aliphatic rings. The zero-order valence-corrected chi connectivity index (χ0v) is 25.5. The van der Waals surface area contributed by atoms with Crippen LogP contribution in [0.5, 0.6) is 0 Å². The van der Waals surface area contributed by atoms with Crippen molar-refractivity contribution < 1.29 is 17.5 Å². The normalized spacial score (nSPS) is 14.7. The number of fused-ring (bicyclic) bond motifs is 3. The average Bonchev–Trinajstić information content (AvgIpc) is 3.45. The highest BCUT2D eigenvalue weighted by molar-refractivity contribution is 8.08. The predicted molar refractivity (Wildman–Crippen MR) is 165 cm³/mol. The van der Waals surface area contributed by atoms with Crippen LogP contribution < -0.4 is 24.2 Å². The monoisotopic (exact) mass is 603 g/mol. The summed E-state index contributed by atoms with van der Waals surface area (Å²) in [5, 5.41) is 3.45. The van der Waals surface area contributed by atoms with E-state index >= 15 is 0 Å². The lowest BCUT2D eigenvalue weighted by Crippen LogP contribution is -2.33. The van der Waals surface area contributed by atoms with E-state index in [1.807, 2.05) is 42.4 Å². The molecule has 6 rings (SSSR count). The third kappa shape index (κ3) is 6.01. The van der Waals surface area contributed by atoms with Crippen LogP contribution in [0.2, 0.25) is 0 Å². The molecule has 7 nitrogen and oxygen atoms in total. The third-order valence-electron chi connectivity index (χ3n) is 6.74. The molecule has 0 radical (unpaired) electrons. The minimum Gasteiger partial charge on any atom is -0.744 e. The highest BCUT2D eigenvalue weighted by atomic mass is 32.2. The number of thiazole rings is 1. The van der Waals surface area contributed by atoms with Crippen molar-refractivity contribution in [1.29, 1.82) is 0 Å². The first kappa shape index (κ1) is 28.8. The van der Waals surface area contributed by atoms with Crippen LogP contribution in [-0.4, -0.2) is 24.6 Å². The number of nitrogens with zero attached hydrogens (tertiary/aromatic N) is 3. The Morgan fingerprint density at radius 3 is 2.32 bits per heavy atom. The Kier molecular flexibility index (Phi) is 8.19. The van der Waals surface area contributed by atoms with Crippen molar-refractivity contribution in [1.82, 2.24) is 4.57 Å². The van der Waals surface area contributed by atoms with Gasteiger partial charge in [-0.15, -0.1) is 11.3 Å². The molecular formula is C31H29N3O4S3. The molecule has 0 saturated heterocycles. The molecule has 5 aromatic rings. The van der Waals surface area contributed by atoms with Gasteiger partial charge in [-0.05, 0) is 49.1 Å². The first-order valence-corrected chi connectivity index (χ1v) is 16.0. The van der Waals surface area contributed by atoms with Crippen LogP contribution in [-0.2, 0) is 23.7 Å². The summed E-state index contributed by atoms with van der Waals surface area (Å²) in [6.45, 7) is 4.50. The van der Waals surface area contributed by atoms with Crippen LogP contribution in [0.25, 0.3) is 21.9 Å². The maximum atomic E-state index is 13.3. The Morgan fingerprint density at radius 2 is 1.66 bits per heavy atom. The molecule has 0 aliphatic carbocycles. The van der Waals surface area contributed by atoms with Crippen molar-refractivity contribution in [2.45, 2.75) is 30.2 Å². The summed E-state index contributed by atoms with van der Waals surface area (Å²) in [5.74, 6) is 0. The summed E-state index contributed by atoms with van der Waals surface area (Å²) in [7, 11) is -0.203. The molecule has 0 atom stereocenters. The molecular weight excluding hydrogens is 575 g/mol. The average molecular weight is 604 g/mol. The molecule has 41 heavy (non-hydrogen) atoms. The molecule has 0 spiro atoms. The molecule has 10 heteroatoms. The van der Waals surface area contributed by atoms with Crippen molar-refractivity contribution in [3.63, 3.8) is 0 Å². The Labute approximate surface area is 247 Å². The van der Waals surface area contributed by atoms with E-state index in [9.17, 15) is 17.8 Å². The highest BCUT2D eigenvalue weighted by Gasteiger charge is 2.26. The summed E-state index contributed by atoms with van der Waals surface area (Å²) in [6, 6.07) is 22.7. The molecule has 0 saturated carbocycles. The van der Waals surface area contributed by atoms with Crippen molar-refractivity contribution in [3.05, 3.63) is 116 Å². The van der Waals surface area contributed by atoms with Gasteiger partial charge in [-0.2, -0.15) is 0 Å². The largest absolute Gasteiger partial charge is 0.744 e. The van der Waals surface area contributed by atoms with Crippen LogP contribution >= 0.6 is 23.1 Å². The van der Waals surface area contributed by atoms with Crippen LogP contribution in [0.3, 0.4) is 0 Å². The predicted octanol–water partition coefficient (Wildman–Crippen LogP) is 3.94. The van der Waals surface area contributed by atoms with E-state index in [0.29, 0.717) is 6.54 Å². The van der Waals surface area contributed by atoms with E-state index in [2.05, 4.69) is 66.6 Å². The van der Waals surface area contributed by atoms with E-state index in [1.165, 1.54) is 33.5 Å². The summed E-state index contributed by atoms with van der Waals surface area (Å²) < 4.78 is 36.8. The second-order valence-electron chi connectivity index (χ2n) is 9.63. The quantitative estimate of drug-likeness (QED) is 0.229. The van der Waals surface area contributed by atoms with Gasteiger partial charge < -0.3 is 9.45 Å². The number of hydrogen-bond donors (Lipinski definition) is 0. The molecule has 2 aromatic heterocycles. The summed E-state index contributed by atoms with van der Waals surface area (Å²) in [4.78, 5) is 16.5. The Bertz CT molecular complexity index is 2030. The SMILES string of the molecule is CCn1c(=O)/c(=C2\Sc3ccc4ccccc4c3N2C)s/c1=C\c1cc[n+](C)cc1.Cc1ccc(S(=O)(=O)[O-])cc1. The molecule has 0 fully saturated rings. The van der Waals surface area contributed by atoms with E-state index in [4.69, 9.17) is 0 Å². The first-order valence-electron chi connectivity index (χ1n) is 12.9. The summed E-state index contributed by atoms with van der Waals surface area (Å²) in [5.41, 5.74) is 3.29. The van der Waals surface area contributed by atoms with Gasteiger partial charge in [0.05, 0.1) is 15.2 Å². The van der Waals surface area contributed by atoms with E-state index in [1.54, 1.807) is 35.2 Å². The van der Waals surface area contributed by atoms with Crippen molar-refractivity contribution >= 4 is 60.8 Å². The summed E-state index contributed by atoms with van der Waals surface area (Å²) in [6.07, 6.45) is 6.14. The third-order valence-corrected chi connectivity index (χ3v) is 10.1. The molecule has 1 aliphatic heterocycles. The van der Waals surface area contributed by atoms with Gasteiger partial charge in [-0.3, -0.25) is 9.36 Å². The lowest BCUT2D eigenvalue weighted by atomic mass is 10.1. The van der Waals surface area contributed by atoms with Gasteiger partial charge in [-0.25, -0.2) is 13.0 Å². The lowest BCUT2D eigenvalue weighted by molar-refractivity contribution is -0.671. The number of aryl methyl sites for hydroxylation is 2. The topological polar surface area (TPSA) is 86.3 Å². The Balaban J connectivity index is 0.000000259. The van der Waals surface area contributed by atoms with Crippen LogP contribution in [0.4, 0.5) is 5.69 Å². The van der Waals surface area contributed by atoms with Gasteiger partial charge in [-0.1, -0.05) is 59.8 Å². The van der Waals surface area contributed by atoms with Gasteiger partial charge in [0.2, 0.25) is 0 Å². The maximum absolute atomic E-state index is 13.3. The fourth-order valence-corrected chi connectivity index (χ4v) is 7.52. The minimum atomic E-state index is -4.27.